The molecule has 21 heavy (non-hydrogen) atoms. The molecule has 0 atom stereocenters. The van der Waals surface area contributed by atoms with Gasteiger partial charge in [0.05, 0.1) is 11.4 Å². The highest BCUT2D eigenvalue weighted by atomic mass is 35.5. The van der Waals surface area contributed by atoms with Crippen molar-refractivity contribution in [2.24, 2.45) is 0 Å². The molecule has 1 fully saturated rings. The molecule has 0 spiro atoms. The number of anilines is 2. The number of hydrogen-bond donors (Lipinski definition) is 2. The zero-order chi connectivity index (χ0) is 15.2. The molecule has 3 N–H and O–H groups in total. The molecule has 1 amide bonds. The SMILES string of the molecule is CN(CCC(=O)Nc1ccc(Cl)cc1N)C1CCOCC1. The molecular formula is C15H22ClN3O2. The number of nitrogens with zero attached hydrogens (tertiary/aromatic N) is 1. The van der Waals surface area contributed by atoms with Crippen molar-refractivity contribution < 1.29 is 9.53 Å². The lowest BCUT2D eigenvalue weighted by Crippen LogP contribution is -2.38. The Kier molecular flexibility index (Phi) is 5.85. The maximum absolute atomic E-state index is 12.0. The molecule has 0 bridgehead atoms. The van der Waals surface area contributed by atoms with Gasteiger partial charge in [0.25, 0.3) is 0 Å². The van der Waals surface area contributed by atoms with Gasteiger partial charge in [-0.25, -0.2) is 0 Å². The van der Waals surface area contributed by atoms with Crippen molar-refractivity contribution in [3.05, 3.63) is 23.2 Å². The van der Waals surface area contributed by atoms with Gasteiger partial charge in [-0.1, -0.05) is 11.6 Å². The summed E-state index contributed by atoms with van der Waals surface area (Å²) in [7, 11) is 2.06. The number of benzene rings is 1. The predicted molar refractivity (Wildman–Crippen MR) is 85.6 cm³/mol. The Labute approximate surface area is 130 Å². The van der Waals surface area contributed by atoms with Crippen molar-refractivity contribution in [1.82, 2.24) is 4.90 Å². The molecule has 0 unspecified atom stereocenters. The van der Waals surface area contributed by atoms with Crippen LogP contribution in [0, 0.1) is 0 Å². The van der Waals surface area contributed by atoms with E-state index >= 15 is 0 Å². The Bertz CT molecular complexity index is 490. The zero-order valence-corrected chi connectivity index (χ0v) is 13.0. The number of nitrogens with two attached hydrogens (primary N) is 1. The van der Waals surface area contributed by atoms with Gasteiger partial charge >= 0.3 is 0 Å². The Morgan fingerprint density at radius 1 is 1.48 bits per heavy atom. The fraction of sp³-hybridized carbons (Fsp3) is 0.533. The molecule has 0 saturated carbocycles. The van der Waals surface area contributed by atoms with Crippen LogP contribution in [0.2, 0.25) is 5.02 Å². The third kappa shape index (κ3) is 4.88. The molecule has 2 rings (SSSR count). The number of ether oxygens (including phenoxy) is 1. The fourth-order valence-corrected chi connectivity index (χ4v) is 2.63. The largest absolute Gasteiger partial charge is 0.397 e. The zero-order valence-electron chi connectivity index (χ0n) is 12.3. The van der Waals surface area contributed by atoms with Crippen molar-refractivity contribution >= 4 is 28.9 Å². The molecule has 6 heteroatoms. The minimum Gasteiger partial charge on any atom is -0.397 e. The van der Waals surface area contributed by atoms with Gasteiger partial charge in [0.2, 0.25) is 5.91 Å². The fourth-order valence-electron chi connectivity index (χ4n) is 2.45. The Balaban J connectivity index is 1.78. The molecule has 1 aromatic carbocycles. The van der Waals surface area contributed by atoms with Crippen LogP contribution in [0.15, 0.2) is 18.2 Å². The number of carbonyl (C=O) groups excluding carboxylic acids is 1. The summed E-state index contributed by atoms with van der Waals surface area (Å²) in [5.41, 5.74) is 6.91. The average molecular weight is 312 g/mol. The van der Waals surface area contributed by atoms with E-state index in [9.17, 15) is 4.79 Å². The molecule has 0 aliphatic carbocycles. The van der Waals surface area contributed by atoms with Crippen molar-refractivity contribution in [2.45, 2.75) is 25.3 Å². The summed E-state index contributed by atoms with van der Waals surface area (Å²) in [6.07, 6.45) is 2.50. The lowest BCUT2D eigenvalue weighted by atomic mass is 10.1. The van der Waals surface area contributed by atoms with E-state index < -0.39 is 0 Å². The molecule has 1 aromatic rings. The maximum atomic E-state index is 12.0. The van der Waals surface area contributed by atoms with Crippen molar-refractivity contribution in [1.29, 1.82) is 0 Å². The van der Waals surface area contributed by atoms with Gasteiger partial charge in [0, 0.05) is 37.2 Å². The number of halogens is 1. The molecule has 1 saturated heterocycles. The third-order valence-corrected chi connectivity index (χ3v) is 4.03. The summed E-state index contributed by atoms with van der Waals surface area (Å²) in [6, 6.07) is 5.57. The summed E-state index contributed by atoms with van der Waals surface area (Å²) in [6.45, 7) is 2.34. The monoisotopic (exact) mass is 311 g/mol. The predicted octanol–water partition coefficient (Wildman–Crippen LogP) is 2.36. The highest BCUT2D eigenvalue weighted by Gasteiger charge is 2.18. The number of hydrogen-bond acceptors (Lipinski definition) is 4. The topological polar surface area (TPSA) is 67.6 Å². The van der Waals surface area contributed by atoms with Crippen LogP contribution in [0.3, 0.4) is 0 Å². The van der Waals surface area contributed by atoms with Crippen LogP contribution in [-0.4, -0.2) is 43.7 Å². The molecular weight excluding hydrogens is 290 g/mol. The quantitative estimate of drug-likeness (QED) is 0.819. The van der Waals surface area contributed by atoms with E-state index in [0.29, 0.717) is 28.9 Å². The summed E-state index contributed by atoms with van der Waals surface area (Å²) in [4.78, 5) is 14.2. The molecule has 1 heterocycles. The van der Waals surface area contributed by atoms with Crippen LogP contribution < -0.4 is 11.1 Å². The molecule has 0 aromatic heterocycles. The first-order valence-corrected chi connectivity index (χ1v) is 7.57. The highest BCUT2D eigenvalue weighted by Crippen LogP contribution is 2.22. The maximum Gasteiger partial charge on any atom is 0.225 e. The summed E-state index contributed by atoms with van der Waals surface area (Å²) in [5.74, 6) is -0.0390. The molecule has 1 aliphatic rings. The van der Waals surface area contributed by atoms with Crippen LogP contribution in [-0.2, 0) is 9.53 Å². The van der Waals surface area contributed by atoms with Gasteiger partial charge in [-0.05, 0) is 38.1 Å². The van der Waals surface area contributed by atoms with Crippen LogP contribution in [0.5, 0.6) is 0 Å². The van der Waals surface area contributed by atoms with Crippen LogP contribution in [0.25, 0.3) is 0 Å². The van der Waals surface area contributed by atoms with E-state index in [4.69, 9.17) is 22.1 Å². The Morgan fingerprint density at radius 3 is 2.86 bits per heavy atom. The first-order chi connectivity index (χ1) is 10.1. The van der Waals surface area contributed by atoms with Gasteiger partial charge in [0.1, 0.15) is 0 Å². The Hall–Kier alpha value is -1.30. The van der Waals surface area contributed by atoms with Gasteiger partial charge in [0.15, 0.2) is 0 Å². The second kappa shape index (κ2) is 7.64. The molecule has 0 radical (unpaired) electrons. The van der Waals surface area contributed by atoms with Gasteiger partial charge < -0.3 is 20.7 Å². The van der Waals surface area contributed by atoms with E-state index in [1.54, 1.807) is 18.2 Å². The number of amides is 1. The molecule has 1 aliphatic heterocycles. The summed E-state index contributed by atoms with van der Waals surface area (Å²) < 4.78 is 5.35. The van der Waals surface area contributed by atoms with E-state index in [1.165, 1.54) is 0 Å². The molecule has 5 nitrogen and oxygen atoms in total. The van der Waals surface area contributed by atoms with Crippen molar-refractivity contribution in [3.63, 3.8) is 0 Å². The minimum atomic E-state index is -0.0390. The van der Waals surface area contributed by atoms with Crippen LogP contribution in [0.1, 0.15) is 19.3 Å². The standard InChI is InChI=1S/C15H22ClN3O2/c1-19(12-5-8-21-9-6-12)7-4-15(20)18-14-3-2-11(16)10-13(14)17/h2-3,10,12H,4-9,17H2,1H3,(H,18,20). The van der Waals surface area contributed by atoms with E-state index in [1.807, 2.05) is 0 Å². The van der Waals surface area contributed by atoms with Gasteiger partial charge in [-0.3, -0.25) is 4.79 Å². The minimum absolute atomic E-state index is 0.0390. The lowest BCUT2D eigenvalue weighted by molar-refractivity contribution is -0.116. The smallest absolute Gasteiger partial charge is 0.225 e. The lowest BCUT2D eigenvalue weighted by Gasteiger charge is -2.30. The number of nitrogen functional groups attached to an aromatic ring is 1. The average Bonchev–Trinajstić information content (AvgIpc) is 2.48. The number of rotatable bonds is 5. The van der Waals surface area contributed by atoms with Crippen LogP contribution >= 0.6 is 11.6 Å². The van der Waals surface area contributed by atoms with E-state index in [2.05, 4.69) is 17.3 Å². The number of nitrogens with one attached hydrogen (secondary N) is 1. The highest BCUT2D eigenvalue weighted by molar-refractivity contribution is 6.31. The van der Waals surface area contributed by atoms with Gasteiger partial charge in [-0.2, -0.15) is 0 Å². The Morgan fingerprint density at radius 2 is 2.19 bits per heavy atom. The summed E-state index contributed by atoms with van der Waals surface area (Å²) in [5, 5.41) is 3.38. The second-order valence-electron chi connectivity index (χ2n) is 5.35. The summed E-state index contributed by atoms with van der Waals surface area (Å²) >= 11 is 5.83. The van der Waals surface area contributed by atoms with Crippen LogP contribution in [0.4, 0.5) is 11.4 Å². The normalized spacial score (nSPS) is 16.1. The molecule has 116 valence electrons. The first-order valence-electron chi connectivity index (χ1n) is 7.19. The van der Waals surface area contributed by atoms with E-state index in [0.717, 1.165) is 32.6 Å². The van der Waals surface area contributed by atoms with Crippen molar-refractivity contribution in [2.75, 3.05) is 37.9 Å². The van der Waals surface area contributed by atoms with E-state index in [-0.39, 0.29) is 5.91 Å². The third-order valence-electron chi connectivity index (χ3n) is 3.79. The van der Waals surface area contributed by atoms with Gasteiger partial charge in [-0.15, -0.1) is 0 Å². The first kappa shape index (κ1) is 16.1. The number of carbonyl (C=O) groups is 1. The second-order valence-corrected chi connectivity index (χ2v) is 5.79. The van der Waals surface area contributed by atoms with Crippen molar-refractivity contribution in [3.8, 4) is 0 Å².